The molecule has 0 aromatic carbocycles. The first-order valence-corrected chi connectivity index (χ1v) is 4.13. The zero-order chi connectivity index (χ0) is 7.84. The molecular formula is C9H11NO. The molecule has 0 atom stereocenters. The van der Waals surface area contributed by atoms with Crippen molar-refractivity contribution in [3.8, 4) is 0 Å². The largest absolute Gasteiger partial charge is 0.294 e. The predicted octanol–water partition coefficient (Wildman–Crippen LogP) is 1.86. The van der Waals surface area contributed by atoms with Gasteiger partial charge in [0.05, 0.1) is 0 Å². The molecule has 58 valence electrons. The van der Waals surface area contributed by atoms with Gasteiger partial charge in [-0.25, -0.2) is 0 Å². The van der Waals surface area contributed by atoms with Crippen molar-refractivity contribution in [1.29, 1.82) is 0 Å². The third-order valence-corrected chi connectivity index (χ3v) is 2.36. The average Bonchev–Trinajstić information content (AvgIpc) is 2.53. The molecule has 1 aliphatic heterocycles. The van der Waals surface area contributed by atoms with Crippen LogP contribution in [0.15, 0.2) is 16.3 Å². The SMILES string of the molecule is CCC1=NC2=C(C1)C(=O)CC2. The van der Waals surface area contributed by atoms with E-state index < -0.39 is 0 Å². The van der Waals surface area contributed by atoms with Gasteiger partial charge in [-0.05, 0) is 12.8 Å². The minimum Gasteiger partial charge on any atom is -0.294 e. The van der Waals surface area contributed by atoms with E-state index in [9.17, 15) is 4.79 Å². The van der Waals surface area contributed by atoms with E-state index in [0.29, 0.717) is 12.2 Å². The maximum absolute atomic E-state index is 11.2. The zero-order valence-electron chi connectivity index (χ0n) is 6.68. The molecule has 0 spiro atoms. The predicted molar refractivity (Wildman–Crippen MR) is 43.6 cm³/mol. The monoisotopic (exact) mass is 149 g/mol. The lowest BCUT2D eigenvalue weighted by atomic mass is 10.1. The Morgan fingerprint density at radius 2 is 2.27 bits per heavy atom. The van der Waals surface area contributed by atoms with Crippen LogP contribution in [0.4, 0.5) is 0 Å². The van der Waals surface area contributed by atoms with Crippen LogP contribution < -0.4 is 0 Å². The average molecular weight is 149 g/mol. The molecule has 11 heavy (non-hydrogen) atoms. The molecule has 0 amide bonds. The normalized spacial score (nSPS) is 22.6. The molecule has 2 heteroatoms. The summed E-state index contributed by atoms with van der Waals surface area (Å²) in [4.78, 5) is 15.6. The van der Waals surface area contributed by atoms with Crippen molar-refractivity contribution in [3.05, 3.63) is 11.3 Å². The number of ketones is 1. The van der Waals surface area contributed by atoms with E-state index in [0.717, 1.165) is 30.5 Å². The molecule has 0 saturated heterocycles. The van der Waals surface area contributed by atoms with Gasteiger partial charge in [0.15, 0.2) is 5.78 Å². The Bertz CT molecular complexity index is 273. The molecule has 0 radical (unpaired) electrons. The highest BCUT2D eigenvalue weighted by Gasteiger charge is 2.27. The summed E-state index contributed by atoms with van der Waals surface area (Å²) in [6, 6.07) is 0. The first-order chi connectivity index (χ1) is 5.31. The van der Waals surface area contributed by atoms with E-state index in [1.807, 2.05) is 0 Å². The number of aliphatic imine (C=N–C) groups is 1. The van der Waals surface area contributed by atoms with Crippen LogP contribution >= 0.6 is 0 Å². The molecule has 1 heterocycles. The van der Waals surface area contributed by atoms with Gasteiger partial charge in [0, 0.05) is 29.8 Å². The number of rotatable bonds is 1. The van der Waals surface area contributed by atoms with Gasteiger partial charge < -0.3 is 0 Å². The second-order valence-electron chi connectivity index (χ2n) is 3.06. The highest BCUT2D eigenvalue weighted by atomic mass is 16.1. The summed E-state index contributed by atoms with van der Waals surface area (Å²) in [5.74, 6) is 0.326. The topological polar surface area (TPSA) is 29.4 Å². The second-order valence-corrected chi connectivity index (χ2v) is 3.06. The summed E-state index contributed by atoms with van der Waals surface area (Å²) in [7, 11) is 0. The molecule has 0 saturated carbocycles. The highest BCUT2D eigenvalue weighted by Crippen LogP contribution is 2.32. The first-order valence-electron chi connectivity index (χ1n) is 4.13. The van der Waals surface area contributed by atoms with Crippen LogP contribution in [0.2, 0.25) is 0 Å². The Morgan fingerprint density at radius 1 is 1.45 bits per heavy atom. The summed E-state index contributed by atoms with van der Waals surface area (Å²) < 4.78 is 0. The van der Waals surface area contributed by atoms with Crippen LogP contribution in [-0.2, 0) is 4.79 Å². The lowest BCUT2D eigenvalue weighted by molar-refractivity contribution is -0.114. The second kappa shape index (κ2) is 2.29. The molecule has 0 aromatic rings. The number of Topliss-reactive ketones (excluding diaryl/α,β-unsaturated/α-hetero) is 1. The first kappa shape index (κ1) is 6.77. The summed E-state index contributed by atoms with van der Waals surface area (Å²) in [6.45, 7) is 2.09. The Balaban J connectivity index is 2.24. The van der Waals surface area contributed by atoms with Crippen molar-refractivity contribution in [2.75, 3.05) is 0 Å². The van der Waals surface area contributed by atoms with E-state index in [1.165, 1.54) is 5.71 Å². The maximum Gasteiger partial charge on any atom is 0.161 e. The number of allylic oxidation sites excluding steroid dienone is 2. The van der Waals surface area contributed by atoms with E-state index in [4.69, 9.17) is 0 Å². The van der Waals surface area contributed by atoms with E-state index in [-0.39, 0.29) is 0 Å². The number of carbonyl (C=O) groups excluding carboxylic acids is 1. The molecule has 0 bridgehead atoms. The van der Waals surface area contributed by atoms with Gasteiger partial charge in [-0.2, -0.15) is 0 Å². The van der Waals surface area contributed by atoms with Gasteiger partial charge in [-0.15, -0.1) is 0 Å². The number of hydrogen-bond acceptors (Lipinski definition) is 2. The molecule has 0 unspecified atom stereocenters. The van der Waals surface area contributed by atoms with Crippen molar-refractivity contribution >= 4 is 11.5 Å². The fourth-order valence-corrected chi connectivity index (χ4v) is 1.66. The van der Waals surface area contributed by atoms with Gasteiger partial charge >= 0.3 is 0 Å². The number of hydrogen-bond donors (Lipinski definition) is 0. The molecular weight excluding hydrogens is 138 g/mol. The lowest BCUT2D eigenvalue weighted by Crippen LogP contribution is -2.00. The molecule has 0 fully saturated rings. The third kappa shape index (κ3) is 0.934. The summed E-state index contributed by atoms with van der Waals surface area (Å²) in [5.41, 5.74) is 3.26. The van der Waals surface area contributed by atoms with Gasteiger partial charge in [-0.3, -0.25) is 9.79 Å². The van der Waals surface area contributed by atoms with E-state index in [2.05, 4.69) is 11.9 Å². The van der Waals surface area contributed by atoms with Crippen molar-refractivity contribution < 1.29 is 4.79 Å². The maximum atomic E-state index is 11.2. The summed E-state index contributed by atoms with van der Waals surface area (Å²) in [6.07, 6.45) is 3.41. The quantitative estimate of drug-likeness (QED) is 0.559. The van der Waals surface area contributed by atoms with Crippen molar-refractivity contribution in [1.82, 2.24) is 0 Å². The fraction of sp³-hybridized carbons (Fsp3) is 0.556. The van der Waals surface area contributed by atoms with Crippen LogP contribution in [0.1, 0.15) is 32.6 Å². The van der Waals surface area contributed by atoms with Crippen molar-refractivity contribution in [3.63, 3.8) is 0 Å². The van der Waals surface area contributed by atoms with Crippen molar-refractivity contribution in [2.45, 2.75) is 32.6 Å². The van der Waals surface area contributed by atoms with E-state index in [1.54, 1.807) is 0 Å². The lowest BCUT2D eigenvalue weighted by Gasteiger charge is -1.95. The Hall–Kier alpha value is -0.920. The van der Waals surface area contributed by atoms with Crippen LogP contribution in [0, 0.1) is 0 Å². The summed E-state index contributed by atoms with van der Waals surface area (Å²) in [5, 5.41) is 0. The Morgan fingerprint density at radius 3 is 2.91 bits per heavy atom. The Kier molecular flexibility index (Phi) is 1.41. The molecule has 1 aliphatic carbocycles. The fourth-order valence-electron chi connectivity index (χ4n) is 1.66. The van der Waals surface area contributed by atoms with Gasteiger partial charge in [0.2, 0.25) is 0 Å². The highest BCUT2D eigenvalue weighted by molar-refractivity contribution is 6.07. The standard InChI is InChI=1S/C9H11NO/c1-2-6-5-7-8(10-6)3-4-9(7)11/h2-5H2,1H3. The number of nitrogens with zero attached hydrogens (tertiary/aromatic N) is 1. The van der Waals surface area contributed by atoms with Gasteiger partial charge in [0.1, 0.15) is 0 Å². The van der Waals surface area contributed by atoms with Crippen LogP contribution in [0.5, 0.6) is 0 Å². The third-order valence-electron chi connectivity index (χ3n) is 2.36. The molecule has 0 aromatic heterocycles. The van der Waals surface area contributed by atoms with Crippen molar-refractivity contribution in [2.24, 2.45) is 4.99 Å². The number of carbonyl (C=O) groups is 1. The molecule has 2 nitrogen and oxygen atoms in total. The molecule has 0 N–H and O–H groups in total. The van der Waals surface area contributed by atoms with Crippen LogP contribution in [0.3, 0.4) is 0 Å². The van der Waals surface area contributed by atoms with Crippen LogP contribution in [0.25, 0.3) is 0 Å². The minimum atomic E-state index is 0.326. The molecule has 2 rings (SSSR count). The van der Waals surface area contributed by atoms with Gasteiger partial charge in [0.25, 0.3) is 0 Å². The summed E-state index contributed by atoms with van der Waals surface area (Å²) >= 11 is 0. The minimum absolute atomic E-state index is 0.326. The van der Waals surface area contributed by atoms with E-state index >= 15 is 0 Å². The molecule has 2 aliphatic rings. The smallest absolute Gasteiger partial charge is 0.161 e. The Labute approximate surface area is 66.0 Å². The van der Waals surface area contributed by atoms with Gasteiger partial charge in [-0.1, -0.05) is 6.92 Å². The zero-order valence-corrected chi connectivity index (χ0v) is 6.68. The van der Waals surface area contributed by atoms with Crippen LogP contribution in [-0.4, -0.2) is 11.5 Å².